The third-order valence-corrected chi connectivity index (χ3v) is 5.09. The third kappa shape index (κ3) is 4.42. The predicted molar refractivity (Wildman–Crippen MR) is 102 cm³/mol. The molecule has 4 nitrogen and oxygen atoms in total. The Labute approximate surface area is 151 Å². The van der Waals surface area contributed by atoms with Gasteiger partial charge in [0.2, 0.25) is 5.91 Å². The van der Waals surface area contributed by atoms with Crippen LogP contribution in [-0.2, 0) is 10.2 Å². The molecule has 5 heteroatoms. The molecule has 0 bridgehead atoms. The topological polar surface area (TPSA) is 44.4 Å². The second-order valence-electron chi connectivity index (χ2n) is 7.92. The number of carbonyl (C=O) groups excluding carboxylic acids is 1. The number of carbonyl (C=O) groups is 1. The molecule has 0 atom stereocenters. The highest BCUT2D eigenvalue weighted by Crippen LogP contribution is 2.26. The van der Waals surface area contributed by atoms with Crippen molar-refractivity contribution in [3.8, 4) is 0 Å². The maximum absolute atomic E-state index is 12.0. The van der Waals surface area contributed by atoms with Gasteiger partial charge < -0.3 is 15.5 Å². The number of piperidine rings is 1. The molecule has 2 saturated heterocycles. The van der Waals surface area contributed by atoms with Crippen LogP contribution in [0.1, 0.15) is 39.2 Å². The van der Waals surface area contributed by atoms with E-state index in [1.54, 1.807) is 0 Å². The van der Waals surface area contributed by atoms with Crippen LogP contribution in [0.4, 0.5) is 5.69 Å². The van der Waals surface area contributed by atoms with Gasteiger partial charge in [-0.1, -0.05) is 32.9 Å². The van der Waals surface area contributed by atoms with Gasteiger partial charge in [0.1, 0.15) is 0 Å². The van der Waals surface area contributed by atoms with E-state index >= 15 is 0 Å². The molecule has 2 heterocycles. The minimum atomic E-state index is 0. The van der Waals surface area contributed by atoms with E-state index in [0.717, 1.165) is 39.0 Å². The van der Waals surface area contributed by atoms with Crippen molar-refractivity contribution in [3.05, 3.63) is 29.8 Å². The second kappa shape index (κ2) is 7.75. The minimum absolute atomic E-state index is 0. The van der Waals surface area contributed by atoms with Crippen LogP contribution in [0.2, 0.25) is 0 Å². The first-order valence-corrected chi connectivity index (χ1v) is 8.80. The van der Waals surface area contributed by atoms with Crippen molar-refractivity contribution < 1.29 is 4.79 Å². The molecule has 3 rings (SSSR count). The first kappa shape index (κ1) is 19.1. The van der Waals surface area contributed by atoms with E-state index in [1.165, 1.54) is 11.3 Å². The van der Waals surface area contributed by atoms with E-state index in [-0.39, 0.29) is 29.6 Å². The fraction of sp³-hybridized carbons (Fsp3) is 0.632. The van der Waals surface area contributed by atoms with Gasteiger partial charge in [-0.2, -0.15) is 0 Å². The summed E-state index contributed by atoms with van der Waals surface area (Å²) in [6, 6.07) is 9.30. The highest BCUT2D eigenvalue weighted by atomic mass is 35.5. The number of hydrogen-bond donors (Lipinski definition) is 2. The first-order chi connectivity index (χ1) is 10.9. The highest BCUT2D eigenvalue weighted by Gasteiger charge is 2.28. The fourth-order valence-electron chi connectivity index (χ4n) is 3.25. The van der Waals surface area contributed by atoms with Gasteiger partial charge in [0.05, 0.1) is 5.92 Å². The van der Waals surface area contributed by atoms with Gasteiger partial charge in [0.25, 0.3) is 0 Å². The maximum atomic E-state index is 12.0. The van der Waals surface area contributed by atoms with E-state index in [0.29, 0.717) is 6.04 Å². The van der Waals surface area contributed by atoms with Crippen LogP contribution < -0.4 is 15.5 Å². The Hall–Kier alpha value is -1.26. The van der Waals surface area contributed by atoms with Crippen LogP contribution in [0, 0.1) is 5.92 Å². The van der Waals surface area contributed by atoms with Crippen molar-refractivity contribution in [1.29, 1.82) is 0 Å². The van der Waals surface area contributed by atoms with Crippen molar-refractivity contribution in [2.24, 2.45) is 5.92 Å². The van der Waals surface area contributed by atoms with Crippen LogP contribution in [-0.4, -0.2) is 38.1 Å². The van der Waals surface area contributed by atoms with Gasteiger partial charge in [0.15, 0.2) is 0 Å². The molecule has 1 aromatic rings. The summed E-state index contributed by atoms with van der Waals surface area (Å²) in [6.07, 6.45) is 2.07. The largest absolute Gasteiger partial charge is 0.371 e. The lowest BCUT2D eigenvalue weighted by Crippen LogP contribution is -2.54. The van der Waals surface area contributed by atoms with Crippen molar-refractivity contribution >= 4 is 24.0 Å². The summed E-state index contributed by atoms with van der Waals surface area (Å²) in [7, 11) is 0. The molecular weight excluding hydrogens is 322 g/mol. The van der Waals surface area contributed by atoms with Gasteiger partial charge in [-0.3, -0.25) is 4.79 Å². The van der Waals surface area contributed by atoms with Crippen molar-refractivity contribution in [2.75, 3.05) is 31.1 Å². The lowest BCUT2D eigenvalue weighted by atomic mass is 9.87. The molecule has 0 aliphatic carbocycles. The van der Waals surface area contributed by atoms with Crippen LogP contribution in [0.15, 0.2) is 24.3 Å². The van der Waals surface area contributed by atoms with Gasteiger partial charge in [-0.05, 0) is 36.0 Å². The van der Waals surface area contributed by atoms with Crippen LogP contribution in [0.3, 0.4) is 0 Å². The Morgan fingerprint density at radius 3 is 2.17 bits per heavy atom. The van der Waals surface area contributed by atoms with Gasteiger partial charge in [0, 0.05) is 37.9 Å². The molecule has 0 radical (unpaired) electrons. The first-order valence-electron chi connectivity index (χ1n) is 8.80. The quantitative estimate of drug-likeness (QED) is 0.880. The summed E-state index contributed by atoms with van der Waals surface area (Å²) < 4.78 is 0. The molecule has 1 amide bonds. The van der Waals surface area contributed by atoms with Crippen LogP contribution in [0.25, 0.3) is 0 Å². The number of benzene rings is 1. The molecular formula is C19H30ClN3O. The van der Waals surface area contributed by atoms with Gasteiger partial charge in [-0.25, -0.2) is 0 Å². The second-order valence-corrected chi connectivity index (χ2v) is 7.92. The molecule has 0 spiro atoms. The van der Waals surface area contributed by atoms with E-state index in [9.17, 15) is 4.79 Å². The zero-order valence-electron chi connectivity index (χ0n) is 15.0. The van der Waals surface area contributed by atoms with E-state index in [4.69, 9.17) is 0 Å². The average Bonchev–Trinajstić information content (AvgIpc) is 2.45. The monoisotopic (exact) mass is 351 g/mol. The summed E-state index contributed by atoms with van der Waals surface area (Å²) >= 11 is 0. The number of nitrogens with one attached hydrogen (secondary N) is 2. The van der Waals surface area contributed by atoms with Crippen molar-refractivity contribution in [2.45, 2.75) is 45.1 Å². The third-order valence-electron chi connectivity index (χ3n) is 5.09. The van der Waals surface area contributed by atoms with E-state index in [2.05, 4.69) is 60.6 Å². The Bertz CT molecular complexity index is 541. The summed E-state index contributed by atoms with van der Waals surface area (Å²) in [4.78, 5) is 14.4. The Morgan fingerprint density at radius 2 is 1.71 bits per heavy atom. The summed E-state index contributed by atoms with van der Waals surface area (Å²) in [5.74, 6) is 0.426. The Balaban J connectivity index is 0.00000208. The van der Waals surface area contributed by atoms with Gasteiger partial charge in [-0.15, -0.1) is 12.4 Å². The van der Waals surface area contributed by atoms with Crippen LogP contribution >= 0.6 is 12.4 Å². The molecule has 2 fully saturated rings. The summed E-state index contributed by atoms with van der Waals surface area (Å²) in [5, 5.41) is 6.37. The number of halogens is 1. The zero-order chi connectivity index (χ0) is 16.4. The number of rotatable bonds is 3. The van der Waals surface area contributed by atoms with E-state index in [1.807, 2.05) is 0 Å². The molecule has 2 aliphatic rings. The van der Waals surface area contributed by atoms with Crippen molar-refractivity contribution in [3.63, 3.8) is 0 Å². The lowest BCUT2D eigenvalue weighted by molar-refractivity contribution is -0.127. The molecule has 0 aromatic heterocycles. The number of anilines is 1. The SMILES string of the molecule is CC(C)(C)c1ccc(N2CCC(NC(=O)C3CNC3)CC2)cc1.Cl. The minimum Gasteiger partial charge on any atom is -0.371 e. The molecule has 1 aromatic carbocycles. The molecule has 0 saturated carbocycles. The number of hydrogen-bond acceptors (Lipinski definition) is 3. The number of amides is 1. The maximum Gasteiger partial charge on any atom is 0.225 e. The number of nitrogens with zero attached hydrogens (tertiary/aromatic N) is 1. The Morgan fingerprint density at radius 1 is 1.12 bits per heavy atom. The molecule has 2 N–H and O–H groups in total. The van der Waals surface area contributed by atoms with Crippen molar-refractivity contribution in [1.82, 2.24) is 10.6 Å². The Kier molecular flexibility index (Phi) is 6.16. The molecule has 0 unspecified atom stereocenters. The predicted octanol–water partition coefficient (Wildman–Crippen LogP) is 2.71. The average molecular weight is 352 g/mol. The molecule has 2 aliphatic heterocycles. The zero-order valence-corrected chi connectivity index (χ0v) is 15.8. The lowest BCUT2D eigenvalue weighted by Gasteiger charge is -2.35. The van der Waals surface area contributed by atoms with Gasteiger partial charge >= 0.3 is 0 Å². The fourth-order valence-corrected chi connectivity index (χ4v) is 3.25. The van der Waals surface area contributed by atoms with Crippen LogP contribution in [0.5, 0.6) is 0 Å². The van der Waals surface area contributed by atoms with E-state index < -0.39 is 0 Å². The summed E-state index contributed by atoms with van der Waals surface area (Å²) in [6.45, 7) is 10.4. The normalized spacial score (nSPS) is 19.4. The molecule has 134 valence electrons. The molecule has 24 heavy (non-hydrogen) atoms. The highest BCUT2D eigenvalue weighted by molar-refractivity contribution is 5.85. The standard InChI is InChI=1S/C19H29N3O.ClH/c1-19(2,3)15-4-6-17(7-5-15)22-10-8-16(9-11-22)21-18(23)14-12-20-13-14;/h4-7,14,16,20H,8-13H2,1-3H3,(H,21,23);1H. The summed E-state index contributed by atoms with van der Waals surface area (Å²) in [5.41, 5.74) is 2.87. The smallest absolute Gasteiger partial charge is 0.225 e.